The molecule has 2 unspecified atom stereocenters. The first-order valence-corrected chi connectivity index (χ1v) is 9.96. The minimum absolute atomic E-state index is 0.0404. The number of nitrogens with one attached hydrogen (secondary N) is 1. The lowest BCUT2D eigenvalue weighted by molar-refractivity contribution is 0.387. The van der Waals surface area contributed by atoms with E-state index in [0.717, 1.165) is 38.8 Å². The van der Waals surface area contributed by atoms with Gasteiger partial charge < -0.3 is 10.2 Å². The molecule has 0 aliphatic carbocycles. The summed E-state index contributed by atoms with van der Waals surface area (Å²) in [4.78, 5) is 2.14. The summed E-state index contributed by atoms with van der Waals surface area (Å²) < 4.78 is 23.1. The summed E-state index contributed by atoms with van der Waals surface area (Å²) in [6.07, 6.45) is 4.39. The molecule has 0 spiro atoms. The van der Waals surface area contributed by atoms with Gasteiger partial charge >= 0.3 is 0 Å². The van der Waals surface area contributed by atoms with Gasteiger partial charge in [0.1, 0.15) is 0 Å². The molecule has 0 aromatic rings. The highest BCUT2D eigenvalue weighted by molar-refractivity contribution is 7.91. The number of thiocarbonyl (C=S) groups is 1. The standard InChI is InChI=1S/C13H25ClN2O2S2/c1-3-5-7-16(8-6-4-2)13(19)15-12-10-20(17,18)9-11(12)14/h11-12H,3-10H2,1-2H3,(H,15,19). The third-order valence-corrected chi connectivity index (χ3v) is 6.19. The van der Waals surface area contributed by atoms with Gasteiger partial charge in [0.2, 0.25) is 0 Å². The number of rotatable bonds is 7. The smallest absolute Gasteiger partial charge is 0.169 e. The molecule has 1 fully saturated rings. The van der Waals surface area contributed by atoms with Gasteiger partial charge in [-0.05, 0) is 25.1 Å². The second-order valence-electron chi connectivity index (χ2n) is 5.34. The van der Waals surface area contributed by atoms with Crippen molar-refractivity contribution in [3.8, 4) is 0 Å². The summed E-state index contributed by atoms with van der Waals surface area (Å²) in [7, 11) is -3.02. The number of halogens is 1. The van der Waals surface area contributed by atoms with Crippen molar-refractivity contribution in [2.45, 2.75) is 50.9 Å². The van der Waals surface area contributed by atoms with Crippen LogP contribution in [0, 0.1) is 0 Å². The highest BCUT2D eigenvalue weighted by atomic mass is 35.5. The quantitative estimate of drug-likeness (QED) is 0.568. The summed E-state index contributed by atoms with van der Waals surface area (Å²) in [5.74, 6) is 0.120. The van der Waals surface area contributed by atoms with E-state index in [-0.39, 0.29) is 17.5 Å². The Bertz CT molecular complexity index is 407. The molecule has 0 amide bonds. The fourth-order valence-electron chi connectivity index (χ4n) is 2.20. The number of sulfone groups is 1. The number of nitrogens with zero attached hydrogens (tertiary/aromatic N) is 1. The van der Waals surface area contributed by atoms with Crippen molar-refractivity contribution in [1.29, 1.82) is 0 Å². The number of alkyl halides is 1. The van der Waals surface area contributed by atoms with Crippen molar-refractivity contribution in [1.82, 2.24) is 10.2 Å². The van der Waals surface area contributed by atoms with E-state index in [2.05, 4.69) is 24.1 Å². The molecule has 1 aliphatic rings. The lowest BCUT2D eigenvalue weighted by atomic mass is 10.2. The Morgan fingerprint density at radius 2 is 1.80 bits per heavy atom. The zero-order chi connectivity index (χ0) is 15.2. The molecular weight excluding hydrogens is 316 g/mol. The van der Waals surface area contributed by atoms with E-state index in [1.54, 1.807) is 0 Å². The highest BCUT2D eigenvalue weighted by Crippen LogP contribution is 2.18. The Balaban J connectivity index is 2.56. The third kappa shape index (κ3) is 5.74. The molecule has 0 saturated carbocycles. The van der Waals surface area contributed by atoms with Crippen LogP contribution in [0.5, 0.6) is 0 Å². The second-order valence-corrected chi connectivity index (χ2v) is 8.44. The maximum absolute atomic E-state index is 11.6. The molecule has 1 heterocycles. The first-order valence-electron chi connectivity index (χ1n) is 7.29. The van der Waals surface area contributed by atoms with Crippen LogP contribution in [0.2, 0.25) is 0 Å². The lowest BCUT2D eigenvalue weighted by Crippen LogP contribution is -2.48. The topological polar surface area (TPSA) is 49.4 Å². The van der Waals surface area contributed by atoms with E-state index < -0.39 is 15.2 Å². The van der Waals surface area contributed by atoms with Gasteiger partial charge in [0.05, 0.1) is 22.9 Å². The van der Waals surface area contributed by atoms with Crippen molar-refractivity contribution in [3.05, 3.63) is 0 Å². The van der Waals surface area contributed by atoms with Gasteiger partial charge in [0.15, 0.2) is 14.9 Å². The van der Waals surface area contributed by atoms with Gasteiger partial charge in [-0.15, -0.1) is 11.6 Å². The third-order valence-electron chi connectivity index (χ3n) is 3.44. The van der Waals surface area contributed by atoms with Crippen LogP contribution in [0.15, 0.2) is 0 Å². The fourth-order valence-corrected chi connectivity index (χ4v) is 5.08. The summed E-state index contributed by atoms with van der Waals surface area (Å²) in [6.45, 7) is 6.11. The molecule has 0 aromatic heterocycles. The van der Waals surface area contributed by atoms with Gasteiger partial charge in [-0.3, -0.25) is 0 Å². The average molecular weight is 341 g/mol. The molecule has 0 bridgehead atoms. The van der Waals surface area contributed by atoms with Gasteiger partial charge in [0.25, 0.3) is 0 Å². The van der Waals surface area contributed by atoms with E-state index in [4.69, 9.17) is 23.8 Å². The van der Waals surface area contributed by atoms with Crippen molar-refractivity contribution in [2.75, 3.05) is 24.6 Å². The predicted molar refractivity (Wildman–Crippen MR) is 89.2 cm³/mol. The van der Waals surface area contributed by atoms with Crippen LogP contribution in [-0.2, 0) is 9.84 Å². The van der Waals surface area contributed by atoms with Crippen molar-refractivity contribution >= 4 is 38.8 Å². The zero-order valence-corrected chi connectivity index (χ0v) is 14.7. The van der Waals surface area contributed by atoms with E-state index in [9.17, 15) is 8.42 Å². The number of hydrogen-bond acceptors (Lipinski definition) is 3. The Labute approximate surface area is 133 Å². The van der Waals surface area contributed by atoms with Crippen molar-refractivity contribution in [2.24, 2.45) is 0 Å². The molecule has 1 N–H and O–H groups in total. The Morgan fingerprint density at radius 3 is 2.20 bits per heavy atom. The average Bonchev–Trinajstić information content (AvgIpc) is 2.62. The first kappa shape index (κ1) is 18.0. The van der Waals surface area contributed by atoms with Gasteiger partial charge in [-0.1, -0.05) is 26.7 Å². The summed E-state index contributed by atoms with van der Waals surface area (Å²) in [5.41, 5.74) is 0. The SMILES string of the molecule is CCCCN(CCCC)C(=S)NC1CS(=O)(=O)CC1Cl. The maximum atomic E-state index is 11.6. The number of hydrogen-bond donors (Lipinski definition) is 1. The minimum Gasteiger partial charge on any atom is -0.357 e. The molecule has 2 atom stereocenters. The molecule has 1 saturated heterocycles. The molecule has 7 heteroatoms. The van der Waals surface area contributed by atoms with Crippen LogP contribution in [0.4, 0.5) is 0 Å². The normalized spacial score (nSPS) is 24.6. The summed E-state index contributed by atoms with van der Waals surface area (Å²) in [6, 6.07) is -0.264. The molecule has 4 nitrogen and oxygen atoms in total. The Morgan fingerprint density at radius 1 is 1.25 bits per heavy atom. The molecule has 118 valence electrons. The monoisotopic (exact) mass is 340 g/mol. The van der Waals surface area contributed by atoms with Crippen LogP contribution < -0.4 is 5.32 Å². The van der Waals surface area contributed by atoms with E-state index in [1.165, 1.54) is 0 Å². The molecule has 0 radical (unpaired) electrons. The summed E-state index contributed by atoms with van der Waals surface area (Å²) in [5, 5.41) is 3.40. The largest absolute Gasteiger partial charge is 0.357 e. The number of unbranched alkanes of at least 4 members (excludes halogenated alkanes) is 2. The summed E-state index contributed by atoms with van der Waals surface area (Å²) >= 11 is 11.5. The first-order chi connectivity index (χ1) is 9.39. The van der Waals surface area contributed by atoms with Gasteiger partial charge in [0, 0.05) is 13.1 Å². The van der Waals surface area contributed by atoms with E-state index in [0.29, 0.717) is 5.11 Å². The van der Waals surface area contributed by atoms with Gasteiger partial charge in [-0.25, -0.2) is 8.42 Å². The molecule has 1 aliphatic heterocycles. The Hall–Kier alpha value is -0.0700. The Kier molecular flexibility index (Phi) is 7.54. The molecule has 20 heavy (non-hydrogen) atoms. The van der Waals surface area contributed by atoms with Crippen molar-refractivity contribution < 1.29 is 8.42 Å². The zero-order valence-electron chi connectivity index (χ0n) is 12.3. The van der Waals surface area contributed by atoms with E-state index in [1.807, 2.05) is 0 Å². The highest BCUT2D eigenvalue weighted by Gasteiger charge is 2.37. The van der Waals surface area contributed by atoms with Crippen LogP contribution in [0.3, 0.4) is 0 Å². The van der Waals surface area contributed by atoms with Crippen LogP contribution >= 0.6 is 23.8 Å². The lowest BCUT2D eigenvalue weighted by Gasteiger charge is -2.28. The fraction of sp³-hybridized carbons (Fsp3) is 0.923. The van der Waals surface area contributed by atoms with Crippen LogP contribution in [0.25, 0.3) is 0 Å². The van der Waals surface area contributed by atoms with Crippen molar-refractivity contribution in [3.63, 3.8) is 0 Å². The van der Waals surface area contributed by atoms with Crippen LogP contribution in [-0.4, -0.2) is 54.4 Å². The van der Waals surface area contributed by atoms with Crippen LogP contribution in [0.1, 0.15) is 39.5 Å². The van der Waals surface area contributed by atoms with E-state index >= 15 is 0 Å². The molecular formula is C13H25ClN2O2S2. The molecule has 1 rings (SSSR count). The predicted octanol–water partition coefficient (Wildman–Crippen LogP) is 2.17. The second kappa shape index (κ2) is 8.39. The maximum Gasteiger partial charge on any atom is 0.169 e. The minimum atomic E-state index is -3.02. The van der Waals surface area contributed by atoms with Gasteiger partial charge in [-0.2, -0.15) is 0 Å². The molecule has 0 aromatic carbocycles.